The summed E-state index contributed by atoms with van der Waals surface area (Å²) >= 11 is 1.63. The number of nitrogens with zero attached hydrogens (tertiary/aromatic N) is 3. The molecular formula is C13H14N4S. The number of para-hydroxylation sites is 1. The van der Waals surface area contributed by atoms with Crippen molar-refractivity contribution in [1.29, 1.82) is 5.26 Å². The number of aryl methyl sites for hydroxylation is 1. The molecule has 0 atom stereocenters. The van der Waals surface area contributed by atoms with Gasteiger partial charge >= 0.3 is 0 Å². The van der Waals surface area contributed by atoms with Crippen molar-refractivity contribution in [3.63, 3.8) is 0 Å². The molecule has 0 saturated carbocycles. The molecule has 1 aromatic heterocycles. The van der Waals surface area contributed by atoms with Gasteiger partial charge in [-0.15, -0.1) is 11.3 Å². The van der Waals surface area contributed by atoms with Crippen LogP contribution in [0.5, 0.6) is 0 Å². The van der Waals surface area contributed by atoms with Crippen molar-refractivity contribution in [3.05, 3.63) is 39.8 Å². The van der Waals surface area contributed by atoms with E-state index in [1.807, 2.05) is 36.5 Å². The number of aromatic nitrogens is 1. The van der Waals surface area contributed by atoms with Crippen LogP contribution in [0.15, 0.2) is 23.7 Å². The Hall–Kier alpha value is -2.06. The normalized spacial score (nSPS) is 10.1. The number of nitrogen functional groups attached to an aromatic ring is 1. The van der Waals surface area contributed by atoms with Crippen molar-refractivity contribution in [2.24, 2.45) is 0 Å². The Morgan fingerprint density at radius 1 is 1.50 bits per heavy atom. The SMILES string of the molecule is Cc1ncsc1CN(C)c1cccc(C#N)c1N. The second kappa shape index (κ2) is 5.07. The van der Waals surface area contributed by atoms with E-state index in [2.05, 4.69) is 11.1 Å². The zero-order chi connectivity index (χ0) is 13.1. The van der Waals surface area contributed by atoms with Crippen LogP contribution in [0.3, 0.4) is 0 Å². The maximum Gasteiger partial charge on any atom is 0.101 e. The highest BCUT2D eigenvalue weighted by molar-refractivity contribution is 7.09. The quantitative estimate of drug-likeness (QED) is 0.859. The molecule has 0 aliphatic heterocycles. The Labute approximate surface area is 110 Å². The van der Waals surface area contributed by atoms with E-state index in [1.165, 1.54) is 4.88 Å². The molecule has 92 valence electrons. The molecule has 0 spiro atoms. The first-order chi connectivity index (χ1) is 8.63. The molecule has 4 nitrogen and oxygen atoms in total. The van der Waals surface area contributed by atoms with Crippen molar-refractivity contribution in [1.82, 2.24) is 4.98 Å². The summed E-state index contributed by atoms with van der Waals surface area (Å²) in [4.78, 5) is 7.47. The largest absolute Gasteiger partial charge is 0.396 e. The van der Waals surface area contributed by atoms with Crippen molar-refractivity contribution < 1.29 is 0 Å². The van der Waals surface area contributed by atoms with Crippen molar-refractivity contribution in [2.75, 3.05) is 17.7 Å². The maximum absolute atomic E-state index is 8.97. The van der Waals surface area contributed by atoms with Gasteiger partial charge in [0.1, 0.15) is 6.07 Å². The fourth-order valence-corrected chi connectivity index (χ4v) is 2.59. The smallest absolute Gasteiger partial charge is 0.101 e. The highest BCUT2D eigenvalue weighted by Gasteiger charge is 2.11. The Balaban J connectivity index is 2.27. The summed E-state index contributed by atoms with van der Waals surface area (Å²) in [5, 5.41) is 8.97. The first-order valence-electron chi connectivity index (χ1n) is 5.52. The lowest BCUT2D eigenvalue weighted by Gasteiger charge is -2.21. The second-order valence-corrected chi connectivity index (χ2v) is 5.01. The highest BCUT2D eigenvalue weighted by atomic mass is 32.1. The van der Waals surface area contributed by atoms with E-state index < -0.39 is 0 Å². The summed E-state index contributed by atoms with van der Waals surface area (Å²) in [6.07, 6.45) is 0. The van der Waals surface area contributed by atoms with Gasteiger partial charge in [-0.1, -0.05) is 6.07 Å². The van der Waals surface area contributed by atoms with Crippen LogP contribution >= 0.6 is 11.3 Å². The van der Waals surface area contributed by atoms with Crippen LogP contribution < -0.4 is 10.6 Å². The first-order valence-corrected chi connectivity index (χ1v) is 6.40. The van der Waals surface area contributed by atoms with Gasteiger partial charge in [0.05, 0.1) is 34.7 Å². The topological polar surface area (TPSA) is 65.9 Å². The van der Waals surface area contributed by atoms with Crippen LogP contribution in [0.2, 0.25) is 0 Å². The average Bonchev–Trinajstić information content (AvgIpc) is 2.75. The number of anilines is 2. The van der Waals surface area contributed by atoms with Crippen LogP contribution in [0.4, 0.5) is 11.4 Å². The summed E-state index contributed by atoms with van der Waals surface area (Å²) in [5.74, 6) is 0. The summed E-state index contributed by atoms with van der Waals surface area (Å²) in [6.45, 7) is 2.74. The van der Waals surface area contributed by atoms with E-state index in [9.17, 15) is 0 Å². The molecule has 1 aromatic carbocycles. The molecule has 0 aliphatic rings. The zero-order valence-corrected chi connectivity index (χ0v) is 11.2. The molecular weight excluding hydrogens is 244 g/mol. The van der Waals surface area contributed by atoms with Gasteiger partial charge < -0.3 is 10.6 Å². The molecule has 0 aliphatic carbocycles. The number of thiazole rings is 1. The third kappa shape index (κ3) is 2.29. The van der Waals surface area contributed by atoms with Crippen LogP contribution in [-0.2, 0) is 6.54 Å². The first kappa shape index (κ1) is 12.4. The van der Waals surface area contributed by atoms with E-state index >= 15 is 0 Å². The Morgan fingerprint density at radius 2 is 2.28 bits per heavy atom. The minimum absolute atomic E-state index is 0.514. The summed E-state index contributed by atoms with van der Waals surface area (Å²) < 4.78 is 0. The molecule has 2 N–H and O–H groups in total. The highest BCUT2D eigenvalue weighted by Crippen LogP contribution is 2.27. The lowest BCUT2D eigenvalue weighted by Crippen LogP contribution is -2.18. The van der Waals surface area contributed by atoms with Gasteiger partial charge in [0.25, 0.3) is 0 Å². The standard InChI is InChI=1S/C13H14N4S/c1-9-12(18-8-16-9)7-17(2)11-5-3-4-10(6-14)13(11)15/h3-5,8H,7,15H2,1-2H3. The third-order valence-electron chi connectivity index (χ3n) is 2.84. The van der Waals surface area contributed by atoms with E-state index in [0.29, 0.717) is 11.3 Å². The van der Waals surface area contributed by atoms with Crippen molar-refractivity contribution in [3.8, 4) is 6.07 Å². The maximum atomic E-state index is 8.97. The second-order valence-electron chi connectivity index (χ2n) is 4.07. The molecule has 5 heteroatoms. The molecule has 0 amide bonds. The lowest BCUT2D eigenvalue weighted by atomic mass is 10.1. The van der Waals surface area contributed by atoms with Gasteiger partial charge in [-0.05, 0) is 19.1 Å². The predicted molar refractivity (Wildman–Crippen MR) is 74.5 cm³/mol. The van der Waals surface area contributed by atoms with Crippen LogP contribution in [0.1, 0.15) is 16.1 Å². The fourth-order valence-electron chi connectivity index (χ4n) is 1.76. The van der Waals surface area contributed by atoms with Gasteiger partial charge in [0, 0.05) is 11.9 Å². The molecule has 0 unspecified atom stereocenters. The molecule has 0 fully saturated rings. The Kier molecular flexibility index (Phi) is 3.49. The van der Waals surface area contributed by atoms with Crippen LogP contribution in [-0.4, -0.2) is 12.0 Å². The number of nitriles is 1. The molecule has 0 radical (unpaired) electrons. The molecule has 18 heavy (non-hydrogen) atoms. The minimum Gasteiger partial charge on any atom is -0.396 e. The van der Waals surface area contributed by atoms with Gasteiger partial charge in [0.2, 0.25) is 0 Å². The number of nitrogens with two attached hydrogens (primary N) is 1. The van der Waals surface area contributed by atoms with Crippen LogP contribution in [0.25, 0.3) is 0 Å². The fraction of sp³-hybridized carbons (Fsp3) is 0.231. The number of rotatable bonds is 3. The number of hydrogen-bond acceptors (Lipinski definition) is 5. The van der Waals surface area contributed by atoms with E-state index in [4.69, 9.17) is 11.0 Å². The number of hydrogen-bond donors (Lipinski definition) is 1. The zero-order valence-electron chi connectivity index (χ0n) is 10.3. The molecule has 1 heterocycles. The number of benzene rings is 1. The monoisotopic (exact) mass is 258 g/mol. The van der Waals surface area contributed by atoms with Gasteiger partial charge in [-0.3, -0.25) is 0 Å². The lowest BCUT2D eigenvalue weighted by molar-refractivity contribution is 0.927. The van der Waals surface area contributed by atoms with Crippen LogP contribution in [0, 0.1) is 18.3 Å². The van der Waals surface area contributed by atoms with Gasteiger partial charge in [-0.25, -0.2) is 4.98 Å². The van der Waals surface area contributed by atoms with Gasteiger partial charge in [0.15, 0.2) is 0 Å². The third-order valence-corrected chi connectivity index (χ3v) is 3.76. The average molecular weight is 258 g/mol. The van der Waals surface area contributed by atoms with Crippen molar-refractivity contribution in [2.45, 2.75) is 13.5 Å². The summed E-state index contributed by atoms with van der Waals surface area (Å²) in [6, 6.07) is 7.60. The minimum atomic E-state index is 0.514. The Morgan fingerprint density at radius 3 is 2.89 bits per heavy atom. The molecule has 2 aromatic rings. The van der Waals surface area contributed by atoms with E-state index in [1.54, 1.807) is 17.4 Å². The van der Waals surface area contributed by atoms with Crippen molar-refractivity contribution >= 4 is 22.7 Å². The molecule has 2 rings (SSSR count). The molecule has 0 saturated heterocycles. The Bertz CT molecular complexity index is 597. The summed E-state index contributed by atoms with van der Waals surface area (Å²) in [5.41, 5.74) is 10.8. The van der Waals surface area contributed by atoms with Gasteiger partial charge in [-0.2, -0.15) is 5.26 Å². The molecule has 0 bridgehead atoms. The predicted octanol–water partition coefficient (Wildman–Crippen LogP) is 2.54. The summed E-state index contributed by atoms with van der Waals surface area (Å²) in [7, 11) is 1.96. The van der Waals surface area contributed by atoms with E-state index in [-0.39, 0.29) is 0 Å². The van der Waals surface area contributed by atoms with E-state index in [0.717, 1.165) is 17.9 Å².